The first-order valence-corrected chi connectivity index (χ1v) is 9.79. The molecule has 0 spiro atoms. The third kappa shape index (κ3) is 5.58. The van der Waals surface area contributed by atoms with Crippen molar-refractivity contribution in [1.29, 1.82) is 0 Å². The molecule has 0 radical (unpaired) electrons. The van der Waals surface area contributed by atoms with E-state index in [0.29, 0.717) is 12.6 Å². The minimum atomic E-state index is 0.302. The molecule has 2 nitrogen and oxygen atoms in total. The molecule has 0 saturated heterocycles. The molecular formula is C15H21NOS3. The van der Waals surface area contributed by atoms with Crippen LogP contribution in [-0.4, -0.2) is 29.8 Å². The predicted octanol–water partition coefficient (Wildman–Crippen LogP) is 3.80. The summed E-state index contributed by atoms with van der Waals surface area (Å²) in [6, 6.07) is 9.10. The molecule has 2 rings (SSSR count). The second-order valence-corrected chi connectivity index (χ2v) is 7.73. The molecule has 0 aliphatic heterocycles. The van der Waals surface area contributed by atoms with Crippen molar-refractivity contribution >= 4 is 34.4 Å². The molecule has 2 aromatic heterocycles. The highest BCUT2D eigenvalue weighted by Gasteiger charge is 2.13. The summed E-state index contributed by atoms with van der Waals surface area (Å²) < 4.78 is 0. The zero-order valence-corrected chi connectivity index (χ0v) is 13.9. The largest absolute Gasteiger partial charge is 0.396 e. The molecule has 0 amide bonds. The summed E-state index contributed by atoms with van der Waals surface area (Å²) in [6.45, 7) is 1.32. The Morgan fingerprint density at radius 2 is 2.00 bits per heavy atom. The molecule has 0 saturated carbocycles. The fourth-order valence-corrected chi connectivity index (χ4v) is 4.32. The maximum atomic E-state index is 8.75. The maximum Gasteiger partial charge on any atom is 0.0463 e. The Kier molecular flexibility index (Phi) is 7.69. The third-order valence-electron chi connectivity index (χ3n) is 2.96. The fourth-order valence-electron chi connectivity index (χ4n) is 1.97. The zero-order valence-electron chi connectivity index (χ0n) is 11.5. The predicted molar refractivity (Wildman–Crippen MR) is 92.1 cm³/mol. The Hall–Kier alpha value is -0.330. The van der Waals surface area contributed by atoms with Gasteiger partial charge in [-0.05, 0) is 35.1 Å². The zero-order chi connectivity index (χ0) is 14.0. The summed E-state index contributed by atoms with van der Waals surface area (Å²) >= 11 is 5.57. The number of thioether (sulfide) groups is 1. The summed E-state index contributed by atoms with van der Waals surface area (Å²) in [5.74, 6) is 2.15. The van der Waals surface area contributed by atoms with Crippen LogP contribution < -0.4 is 5.32 Å². The number of thiophene rings is 2. The van der Waals surface area contributed by atoms with Gasteiger partial charge in [0, 0.05) is 41.1 Å². The van der Waals surface area contributed by atoms with Crippen molar-refractivity contribution in [3.8, 4) is 0 Å². The van der Waals surface area contributed by atoms with Crippen LogP contribution in [-0.2, 0) is 6.42 Å². The Balaban J connectivity index is 1.78. The van der Waals surface area contributed by atoms with Crippen molar-refractivity contribution in [2.24, 2.45) is 0 Å². The number of hydrogen-bond donors (Lipinski definition) is 2. The lowest BCUT2D eigenvalue weighted by Crippen LogP contribution is -2.24. The molecule has 2 heterocycles. The van der Waals surface area contributed by atoms with Gasteiger partial charge in [-0.25, -0.2) is 0 Å². The van der Waals surface area contributed by atoms with Crippen LogP contribution in [0.5, 0.6) is 0 Å². The van der Waals surface area contributed by atoms with Crippen LogP contribution in [0.1, 0.15) is 22.2 Å². The molecule has 0 aliphatic rings. The molecule has 110 valence electrons. The minimum absolute atomic E-state index is 0.302. The molecular weight excluding hydrogens is 306 g/mol. The quantitative estimate of drug-likeness (QED) is 0.651. The Bertz CT molecular complexity index is 442. The number of aliphatic hydroxyl groups is 1. The van der Waals surface area contributed by atoms with Gasteiger partial charge in [0.15, 0.2) is 0 Å². The minimum Gasteiger partial charge on any atom is -0.396 e. The van der Waals surface area contributed by atoms with Crippen molar-refractivity contribution in [2.45, 2.75) is 18.9 Å². The topological polar surface area (TPSA) is 32.3 Å². The van der Waals surface area contributed by atoms with Gasteiger partial charge >= 0.3 is 0 Å². The molecule has 1 unspecified atom stereocenters. The summed E-state index contributed by atoms with van der Waals surface area (Å²) in [4.78, 5) is 2.85. The lowest BCUT2D eigenvalue weighted by atomic mass is 10.1. The highest BCUT2D eigenvalue weighted by Crippen LogP contribution is 2.24. The first kappa shape index (κ1) is 16.0. The third-order valence-corrected chi connectivity index (χ3v) is 5.91. The first-order valence-electron chi connectivity index (χ1n) is 6.88. The van der Waals surface area contributed by atoms with Crippen molar-refractivity contribution in [1.82, 2.24) is 5.32 Å². The van der Waals surface area contributed by atoms with Crippen LogP contribution in [0.4, 0.5) is 0 Å². The monoisotopic (exact) mass is 327 g/mol. The van der Waals surface area contributed by atoms with Crippen LogP contribution in [0.25, 0.3) is 0 Å². The van der Waals surface area contributed by atoms with Crippen LogP contribution in [0.2, 0.25) is 0 Å². The van der Waals surface area contributed by atoms with Crippen molar-refractivity contribution < 1.29 is 5.11 Å². The van der Waals surface area contributed by atoms with Crippen LogP contribution in [0.15, 0.2) is 35.0 Å². The molecule has 5 heteroatoms. The van der Waals surface area contributed by atoms with Crippen LogP contribution >= 0.6 is 34.4 Å². The van der Waals surface area contributed by atoms with Crippen molar-refractivity contribution in [3.05, 3.63) is 44.8 Å². The molecule has 2 aromatic rings. The van der Waals surface area contributed by atoms with E-state index in [1.54, 1.807) is 0 Å². The van der Waals surface area contributed by atoms with Gasteiger partial charge in [0.25, 0.3) is 0 Å². The van der Waals surface area contributed by atoms with Gasteiger partial charge < -0.3 is 10.4 Å². The van der Waals surface area contributed by atoms with Gasteiger partial charge in [-0.2, -0.15) is 11.8 Å². The Morgan fingerprint density at radius 3 is 2.70 bits per heavy atom. The van der Waals surface area contributed by atoms with Gasteiger partial charge in [-0.3, -0.25) is 0 Å². The van der Waals surface area contributed by atoms with Gasteiger partial charge in [-0.15, -0.1) is 22.7 Å². The SMILES string of the molecule is OCCCSCCNC(Cc1cccs1)c1cccs1. The summed E-state index contributed by atoms with van der Waals surface area (Å²) in [5, 5.41) is 16.7. The van der Waals surface area contributed by atoms with E-state index in [1.165, 1.54) is 9.75 Å². The Morgan fingerprint density at radius 1 is 1.15 bits per heavy atom. The average Bonchev–Trinajstić information content (AvgIpc) is 3.13. The highest BCUT2D eigenvalue weighted by atomic mass is 32.2. The molecule has 0 fully saturated rings. The second-order valence-electron chi connectivity index (χ2n) is 4.50. The molecule has 0 aromatic carbocycles. The summed E-state index contributed by atoms with van der Waals surface area (Å²) in [5.41, 5.74) is 0. The van der Waals surface area contributed by atoms with E-state index in [-0.39, 0.29) is 0 Å². The second kappa shape index (κ2) is 9.58. The van der Waals surface area contributed by atoms with Crippen molar-refractivity contribution in [3.63, 3.8) is 0 Å². The average molecular weight is 328 g/mol. The highest BCUT2D eigenvalue weighted by molar-refractivity contribution is 7.99. The van der Waals surface area contributed by atoms with Gasteiger partial charge in [0.1, 0.15) is 0 Å². The number of aliphatic hydroxyl groups excluding tert-OH is 1. The molecule has 20 heavy (non-hydrogen) atoms. The lowest BCUT2D eigenvalue weighted by molar-refractivity contribution is 0.296. The molecule has 2 N–H and O–H groups in total. The first-order chi connectivity index (χ1) is 9.90. The lowest BCUT2D eigenvalue weighted by Gasteiger charge is -2.16. The maximum absolute atomic E-state index is 8.75. The number of nitrogens with one attached hydrogen (secondary N) is 1. The summed E-state index contributed by atoms with van der Waals surface area (Å²) in [6.07, 6.45) is 1.97. The molecule has 1 atom stereocenters. The van der Waals surface area contributed by atoms with E-state index in [9.17, 15) is 0 Å². The fraction of sp³-hybridized carbons (Fsp3) is 0.467. The van der Waals surface area contributed by atoms with E-state index in [2.05, 4.69) is 40.3 Å². The normalized spacial score (nSPS) is 12.7. The van der Waals surface area contributed by atoms with E-state index >= 15 is 0 Å². The van der Waals surface area contributed by atoms with Gasteiger partial charge in [-0.1, -0.05) is 12.1 Å². The van der Waals surface area contributed by atoms with E-state index in [0.717, 1.165) is 30.9 Å². The van der Waals surface area contributed by atoms with E-state index in [4.69, 9.17) is 5.11 Å². The van der Waals surface area contributed by atoms with Gasteiger partial charge in [0.2, 0.25) is 0 Å². The number of hydrogen-bond acceptors (Lipinski definition) is 5. The molecule has 0 aliphatic carbocycles. The Labute approximate surface area is 133 Å². The van der Waals surface area contributed by atoms with Crippen LogP contribution in [0, 0.1) is 0 Å². The van der Waals surface area contributed by atoms with E-state index in [1.807, 2.05) is 34.4 Å². The smallest absolute Gasteiger partial charge is 0.0463 e. The van der Waals surface area contributed by atoms with Gasteiger partial charge in [0.05, 0.1) is 0 Å². The van der Waals surface area contributed by atoms with Crippen molar-refractivity contribution in [2.75, 3.05) is 24.7 Å². The summed E-state index contributed by atoms with van der Waals surface area (Å²) in [7, 11) is 0. The standard InChI is InChI=1S/C15H21NOS3/c17-7-3-8-18-11-6-16-14(15-5-2-10-20-15)12-13-4-1-9-19-13/h1-2,4-5,9-10,14,16-17H,3,6-8,11-12H2. The number of rotatable bonds is 10. The molecule has 0 bridgehead atoms. The van der Waals surface area contributed by atoms with E-state index < -0.39 is 0 Å². The van der Waals surface area contributed by atoms with Crippen LogP contribution in [0.3, 0.4) is 0 Å².